The van der Waals surface area contributed by atoms with Crippen LogP contribution in [0, 0.1) is 13.8 Å². The summed E-state index contributed by atoms with van der Waals surface area (Å²) in [6.45, 7) is 4.27. The Bertz CT molecular complexity index is 619. The molecule has 0 aromatic heterocycles. The lowest BCUT2D eigenvalue weighted by atomic mass is 9.80. The van der Waals surface area contributed by atoms with Crippen LogP contribution in [-0.4, -0.2) is 29.3 Å². The Labute approximate surface area is 163 Å². The van der Waals surface area contributed by atoms with Gasteiger partial charge in [0.2, 0.25) is 0 Å². The van der Waals surface area contributed by atoms with Gasteiger partial charge in [0.05, 0.1) is 18.1 Å². The van der Waals surface area contributed by atoms with Crippen molar-refractivity contribution < 1.29 is 4.90 Å². The maximum atomic E-state index is 5.64. The minimum atomic E-state index is 0.543. The zero-order valence-corrected chi connectivity index (χ0v) is 17.1. The van der Waals surface area contributed by atoms with Crippen molar-refractivity contribution in [2.45, 2.75) is 95.8 Å². The van der Waals surface area contributed by atoms with Crippen molar-refractivity contribution in [3.05, 3.63) is 29.3 Å². The van der Waals surface area contributed by atoms with Gasteiger partial charge in [0.1, 0.15) is 0 Å². The molecule has 0 amide bonds. The van der Waals surface area contributed by atoms with E-state index in [9.17, 15) is 0 Å². The maximum absolute atomic E-state index is 5.64. The Kier molecular flexibility index (Phi) is 5.51. The van der Waals surface area contributed by atoms with Gasteiger partial charge in [-0.2, -0.15) is 0 Å². The molecule has 26 heavy (non-hydrogen) atoms. The second kappa shape index (κ2) is 7.85. The van der Waals surface area contributed by atoms with E-state index in [4.69, 9.17) is 12.2 Å². The third-order valence-electron chi connectivity index (χ3n) is 6.83. The number of anilines is 1. The van der Waals surface area contributed by atoms with Crippen LogP contribution in [0.4, 0.5) is 5.69 Å². The molecule has 142 valence electrons. The standard InChI is InChI=1S/C22H33N3S/c1-15-10-16(2)12-17(11-15)23-22(26)24-18-13-20-8-5-9-21(14-18)25(20)19-6-3-4-7-19/h10-12,18-21H,3-9,13-14H2,1-2H3,(H2,23,24,26)/p+1/t18?,20-,21+. The largest absolute Gasteiger partial charge is 0.359 e. The number of rotatable bonds is 3. The predicted octanol–water partition coefficient (Wildman–Crippen LogP) is 3.50. The highest BCUT2D eigenvalue weighted by molar-refractivity contribution is 7.80. The van der Waals surface area contributed by atoms with Crippen LogP contribution >= 0.6 is 12.2 Å². The summed E-state index contributed by atoms with van der Waals surface area (Å²) in [6.07, 6.45) is 12.7. The molecule has 2 unspecified atom stereocenters. The number of aryl methyl sites for hydroxylation is 2. The fourth-order valence-corrected chi connectivity index (χ4v) is 6.30. The van der Waals surface area contributed by atoms with Gasteiger partial charge in [0.25, 0.3) is 0 Å². The second-order valence-corrected chi connectivity index (χ2v) is 9.36. The van der Waals surface area contributed by atoms with Crippen molar-refractivity contribution in [3.8, 4) is 0 Å². The van der Waals surface area contributed by atoms with Gasteiger partial charge in [0, 0.05) is 24.6 Å². The average molecular weight is 373 g/mol. The highest BCUT2D eigenvalue weighted by Gasteiger charge is 2.45. The molecule has 0 radical (unpaired) electrons. The molecule has 4 heteroatoms. The predicted molar refractivity (Wildman–Crippen MR) is 113 cm³/mol. The Balaban J connectivity index is 1.36. The lowest BCUT2D eigenvalue weighted by Gasteiger charge is -2.48. The van der Waals surface area contributed by atoms with Gasteiger partial charge in [0.15, 0.2) is 5.11 Å². The van der Waals surface area contributed by atoms with Gasteiger partial charge in [-0.3, -0.25) is 0 Å². The van der Waals surface area contributed by atoms with Crippen LogP contribution in [0.15, 0.2) is 18.2 Å². The van der Waals surface area contributed by atoms with Crippen LogP contribution < -0.4 is 15.5 Å². The number of thiocarbonyl (C=S) groups is 1. The smallest absolute Gasteiger partial charge is 0.171 e. The molecule has 0 spiro atoms. The van der Waals surface area contributed by atoms with E-state index in [-0.39, 0.29) is 0 Å². The van der Waals surface area contributed by atoms with Gasteiger partial charge >= 0.3 is 0 Å². The van der Waals surface area contributed by atoms with E-state index in [2.05, 4.69) is 42.7 Å². The lowest BCUT2D eigenvalue weighted by molar-refractivity contribution is -0.982. The number of piperidine rings is 2. The first kappa shape index (κ1) is 18.2. The van der Waals surface area contributed by atoms with Crippen molar-refractivity contribution >= 4 is 23.0 Å². The fraction of sp³-hybridized carbons (Fsp3) is 0.682. The third-order valence-corrected chi connectivity index (χ3v) is 7.05. The third kappa shape index (κ3) is 4.07. The number of nitrogens with one attached hydrogen (secondary N) is 3. The first-order chi connectivity index (χ1) is 12.6. The molecular formula is C22H34N3S+. The molecule has 1 saturated carbocycles. The molecule has 1 aliphatic carbocycles. The average Bonchev–Trinajstić information content (AvgIpc) is 3.06. The van der Waals surface area contributed by atoms with Gasteiger partial charge in [-0.1, -0.05) is 6.07 Å². The number of fused-ring (bicyclic) bond motifs is 2. The fourth-order valence-electron chi connectivity index (χ4n) is 6.01. The molecule has 2 bridgehead atoms. The molecule has 1 aromatic carbocycles. The normalized spacial score (nSPS) is 31.6. The molecule has 3 fully saturated rings. The van der Waals surface area contributed by atoms with Crippen molar-refractivity contribution in [2.24, 2.45) is 0 Å². The summed E-state index contributed by atoms with van der Waals surface area (Å²) in [7, 11) is 0. The molecular weight excluding hydrogens is 338 g/mol. The highest BCUT2D eigenvalue weighted by atomic mass is 32.1. The summed E-state index contributed by atoms with van der Waals surface area (Å²) in [5, 5.41) is 7.86. The Morgan fingerprint density at radius 1 is 0.885 bits per heavy atom. The van der Waals surface area contributed by atoms with Gasteiger partial charge < -0.3 is 15.5 Å². The van der Waals surface area contributed by atoms with Crippen molar-refractivity contribution in [1.82, 2.24) is 5.32 Å². The van der Waals surface area contributed by atoms with Crippen molar-refractivity contribution in [1.29, 1.82) is 0 Å². The van der Waals surface area contributed by atoms with E-state index in [0.29, 0.717) is 6.04 Å². The van der Waals surface area contributed by atoms with Gasteiger partial charge in [-0.25, -0.2) is 0 Å². The SMILES string of the molecule is Cc1cc(C)cc(NC(=S)NC2C[C@H]3CCC[C@@H](C2)[NH+]3C2CCCC2)c1. The van der Waals surface area contributed by atoms with E-state index in [1.807, 2.05) is 4.90 Å². The molecule has 4 atom stereocenters. The summed E-state index contributed by atoms with van der Waals surface area (Å²) in [5.74, 6) is 0. The molecule has 2 aliphatic heterocycles. The van der Waals surface area contributed by atoms with Crippen LogP contribution in [0.1, 0.15) is 68.9 Å². The monoisotopic (exact) mass is 372 g/mol. The quantitative estimate of drug-likeness (QED) is 0.709. The minimum absolute atomic E-state index is 0.543. The number of benzene rings is 1. The Morgan fingerprint density at radius 3 is 2.08 bits per heavy atom. The van der Waals surface area contributed by atoms with Crippen LogP contribution in [0.3, 0.4) is 0 Å². The van der Waals surface area contributed by atoms with Gasteiger partial charge in [-0.05, 0) is 94.3 Å². The summed E-state index contributed by atoms with van der Waals surface area (Å²) in [6, 6.07) is 9.74. The van der Waals surface area contributed by atoms with Crippen LogP contribution in [0.5, 0.6) is 0 Å². The molecule has 3 N–H and O–H groups in total. The minimum Gasteiger partial charge on any atom is -0.359 e. The lowest BCUT2D eigenvalue weighted by Crippen LogP contribution is -3.24. The van der Waals surface area contributed by atoms with E-state index >= 15 is 0 Å². The van der Waals surface area contributed by atoms with E-state index < -0.39 is 0 Å². The number of quaternary nitrogens is 1. The van der Waals surface area contributed by atoms with Crippen LogP contribution in [-0.2, 0) is 0 Å². The molecule has 3 aliphatic rings. The summed E-state index contributed by atoms with van der Waals surface area (Å²) in [4.78, 5) is 1.97. The van der Waals surface area contributed by atoms with Gasteiger partial charge in [-0.15, -0.1) is 0 Å². The zero-order valence-electron chi connectivity index (χ0n) is 16.3. The van der Waals surface area contributed by atoms with E-state index in [1.165, 1.54) is 68.9 Å². The molecule has 4 rings (SSSR count). The van der Waals surface area contributed by atoms with E-state index in [0.717, 1.165) is 28.9 Å². The highest BCUT2D eigenvalue weighted by Crippen LogP contribution is 2.26. The van der Waals surface area contributed by atoms with Crippen molar-refractivity contribution in [3.63, 3.8) is 0 Å². The summed E-state index contributed by atoms with van der Waals surface area (Å²) >= 11 is 5.64. The summed E-state index contributed by atoms with van der Waals surface area (Å²) < 4.78 is 0. The summed E-state index contributed by atoms with van der Waals surface area (Å²) in [5.41, 5.74) is 3.66. The van der Waals surface area contributed by atoms with Crippen LogP contribution in [0.2, 0.25) is 0 Å². The first-order valence-electron chi connectivity index (χ1n) is 10.6. The topological polar surface area (TPSA) is 28.5 Å². The van der Waals surface area contributed by atoms with Crippen molar-refractivity contribution in [2.75, 3.05) is 5.32 Å². The zero-order chi connectivity index (χ0) is 18.1. The number of hydrogen-bond acceptors (Lipinski definition) is 1. The Morgan fingerprint density at radius 2 is 1.46 bits per heavy atom. The number of hydrogen-bond donors (Lipinski definition) is 3. The van der Waals surface area contributed by atoms with E-state index in [1.54, 1.807) is 0 Å². The molecule has 2 saturated heterocycles. The maximum Gasteiger partial charge on any atom is 0.171 e. The second-order valence-electron chi connectivity index (χ2n) is 8.95. The molecule has 2 heterocycles. The molecule has 1 aromatic rings. The first-order valence-corrected chi connectivity index (χ1v) is 11.0. The van der Waals surface area contributed by atoms with Crippen LogP contribution in [0.25, 0.3) is 0 Å². The Hall–Kier alpha value is -1.13. The molecule has 3 nitrogen and oxygen atoms in total.